The molecule has 0 amide bonds. The van der Waals surface area contributed by atoms with Crippen LogP contribution in [0.15, 0.2) is 58.2 Å². The van der Waals surface area contributed by atoms with Crippen LogP contribution < -0.4 is 4.90 Å². The third-order valence-electron chi connectivity index (χ3n) is 5.66. The molecule has 4 aromatic rings. The average molecular weight is 468 g/mol. The molecule has 0 radical (unpaired) electrons. The number of anilines is 1. The molecule has 3 heterocycles. The first-order chi connectivity index (χ1) is 15.8. The van der Waals surface area contributed by atoms with E-state index in [4.69, 9.17) is 13.9 Å². The van der Waals surface area contributed by atoms with E-state index in [0.717, 1.165) is 61.8 Å². The fraction of sp³-hybridized carbons (Fsp3) is 0.348. The molecular weight excluding hydrogens is 442 g/mol. The van der Waals surface area contributed by atoms with Gasteiger partial charge < -0.3 is 14.4 Å². The summed E-state index contributed by atoms with van der Waals surface area (Å²) < 4.78 is 11.7. The molecule has 7 nitrogen and oxygen atoms in total. The lowest BCUT2D eigenvalue weighted by Gasteiger charge is -2.35. The van der Waals surface area contributed by atoms with Gasteiger partial charge in [0.25, 0.3) is 5.22 Å². The van der Waals surface area contributed by atoms with E-state index in [1.807, 2.05) is 24.3 Å². The number of aliphatic hydroxyl groups excluding tert-OH is 1. The van der Waals surface area contributed by atoms with Crippen LogP contribution in [0.3, 0.4) is 0 Å². The Morgan fingerprint density at radius 1 is 1.00 bits per heavy atom. The molecule has 0 saturated carbocycles. The molecule has 1 N–H and O–H groups in total. The second kappa shape index (κ2) is 9.99. The molecule has 0 aliphatic carbocycles. The van der Waals surface area contributed by atoms with Gasteiger partial charge in [-0.2, -0.15) is 4.37 Å². The lowest BCUT2D eigenvalue weighted by molar-refractivity contribution is 0.259. The quantitative estimate of drug-likeness (QED) is 0.306. The van der Waals surface area contributed by atoms with E-state index in [9.17, 15) is 0 Å². The van der Waals surface area contributed by atoms with E-state index in [2.05, 4.69) is 44.3 Å². The number of benzene rings is 2. The lowest BCUT2D eigenvalue weighted by Crippen LogP contribution is -2.46. The fourth-order valence-electron chi connectivity index (χ4n) is 3.87. The average Bonchev–Trinajstić information content (AvgIpc) is 3.50. The number of nitrogens with zero attached hydrogens (tertiary/aromatic N) is 5. The summed E-state index contributed by atoms with van der Waals surface area (Å²) in [6.45, 7) is 5.26. The lowest BCUT2D eigenvalue weighted by atomic mass is 10.1. The van der Waals surface area contributed by atoms with Gasteiger partial charge in [-0.3, -0.25) is 4.90 Å². The highest BCUT2D eigenvalue weighted by molar-refractivity contribution is 7.99. The van der Waals surface area contributed by atoms with Crippen molar-refractivity contribution in [2.45, 2.75) is 18.3 Å². The summed E-state index contributed by atoms with van der Waals surface area (Å²) >= 11 is 3.19. The maximum atomic E-state index is 9.15. The first kappa shape index (κ1) is 21.4. The van der Waals surface area contributed by atoms with Crippen LogP contribution in [-0.2, 0) is 6.61 Å². The van der Waals surface area contributed by atoms with Crippen molar-refractivity contribution in [3.63, 3.8) is 0 Å². The van der Waals surface area contributed by atoms with Crippen LogP contribution in [0.4, 0.5) is 5.82 Å². The highest BCUT2D eigenvalue weighted by Gasteiger charge is 2.20. The van der Waals surface area contributed by atoms with Crippen molar-refractivity contribution in [1.82, 2.24) is 19.5 Å². The summed E-state index contributed by atoms with van der Waals surface area (Å²) in [7, 11) is 0. The molecule has 0 bridgehead atoms. The molecule has 166 valence electrons. The predicted molar refractivity (Wildman–Crippen MR) is 129 cm³/mol. The number of piperazine rings is 1. The molecule has 2 aromatic carbocycles. The largest absolute Gasteiger partial charge is 0.411 e. The Kier molecular flexibility index (Phi) is 6.68. The number of rotatable bonds is 8. The van der Waals surface area contributed by atoms with Crippen LogP contribution in [0.5, 0.6) is 0 Å². The second-order valence-corrected chi connectivity index (χ2v) is 9.61. The molecule has 32 heavy (non-hydrogen) atoms. The SMILES string of the molecule is OCc1ccc(-c2nnc(SCCCN3CCN(c4nsc5ccccc45)CC3)o2)cc1. The van der Waals surface area contributed by atoms with Gasteiger partial charge >= 0.3 is 0 Å². The zero-order chi connectivity index (χ0) is 21.8. The summed E-state index contributed by atoms with van der Waals surface area (Å²) in [6.07, 6.45) is 1.08. The Morgan fingerprint density at radius 3 is 2.62 bits per heavy atom. The number of hydrogen-bond donors (Lipinski definition) is 1. The van der Waals surface area contributed by atoms with Gasteiger partial charge in [-0.25, -0.2) is 0 Å². The van der Waals surface area contributed by atoms with E-state index in [0.29, 0.717) is 11.1 Å². The van der Waals surface area contributed by atoms with Crippen molar-refractivity contribution < 1.29 is 9.52 Å². The van der Waals surface area contributed by atoms with E-state index in [1.54, 1.807) is 23.3 Å². The van der Waals surface area contributed by atoms with Crippen LogP contribution >= 0.6 is 23.3 Å². The minimum absolute atomic E-state index is 0.0298. The number of hydrogen-bond acceptors (Lipinski definition) is 9. The van der Waals surface area contributed by atoms with Crippen molar-refractivity contribution in [3.05, 3.63) is 54.1 Å². The van der Waals surface area contributed by atoms with Crippen LogP contribution in [0.25, 0.3) is 21.5 Å². The maximum absolute atomic E-state index is 9.15. The van der Waals surface area contributed by atoms with Crippen LogP contribution in [0.2, 0.25) is 0 Å². The number of fused-ring (bicyclic) bond motifs is 1. The normalized spacial score (nSPS) is 15.0. The van der Waals surface area contributed by atoms with Gasteiger partial charge in [0.05, 0.1) is 11.3 Å². The van der Waals surface area contributed by atoms with Gasteiger partial charge in [-0.1, -0.05) is 36.0 Å². The Morgan fingerprint density at radius 2 is 1.81 bits per heavy atom. The monoisotopic (exact) mass is 467 g/mol. The van der Waals surface area contributed by atoms with Gasteiger partial charge in [0.15, 0.2) is 0 Å². The summed E-state index contributed by atoms with van der Waals surface area (Å²) in [5.41, 5.74) is 1.73. The highest BCUT2D eigenvalue weighted by Crippen LogP contribution is 2.30. The van der Waals surface area contributed by atoms with E-state index in [1.165, 1.54) is 10.1 Å². The van der Waals surface area contributed by atoms with Gasteiger partial charge in [0.1, 0.15) is 5.82 Å². The minimum atomic E-state index is 0.0298. The second-order valence-electron chi connectivity index (χ2n) is 7.76. The third kappa shape index (κ3) is 4.80. The van der Waals surface area contributed by atoms with Crippen molar-refractivity contribution in [2.75, 3.05) is 43.4 Å². The topological polar surface area (TPSA) is 78.5 Å². The molecule has 0 spiro atoms. The first-order valence-electron chi connectivity index (χ1n) is 10.8. The van der Waals surface area contributed by atoms with Gasteiger partial charge in [-0.05, 0) is 54.3 Å². The summed E-state index contributed by atoms with van der Waals surface area (Å²) in [4.78, 5) is 4.94. The molecule has 2 aromatic heterocycles. The number of thioether (sulfide) groups is 1. The smallest absolute Gasteiger partial charge is 0.276 e. The third-order valence-corrected chi connectivity index (χ3v) is 7.39. The minimum Gasteiger partial charge on any atom is -0.411 e. The molecule has 0 atom stereocenters. The van der Waals surface area contributed by atoms with Gasteiger partial charge in [0, 0.05) is 42.9 Å². The summed E-state index contributed by atoms with van der Waals surface area (Å²) in [5.74, 6) is 2.60. The van der Waals surface area contributed by atoms with Gasteiger partial charge in [0.2, 0.25) is 5.89 Å². The van der Waals surface area contributed by atoms with Crippen molar-refractivity contribution in [1.29, 1.82) is 0 Å². The Balaban J connectivity index is 1.05. The van der Waals surface area contributed by atoms with Crippen molar-refractivity contribution >= 4 is 39.2 Å². The maximum Gasteiger partial charge on any atom is 0.276 e. The van der Waals surface area contributed by atoms with Crippen molar-refractivity contribution in [2.24, 2.45) is 0 Å². The van der Waals surface area contributed by atoms with E-state index < -0.39 is 0 Å². The molecule has 1 saturated heterocycles. The van der Waals surface area contributed by atoms with Crippen LogP contribution in [0.1, 0.15) is 12.0 Å². The predicted octanol–water partition coefficient (Wildman–Crippen LogP) is 4.14. The van der Waals surface area contributed by atoms with Crippen LogP contribution in [-0.4, -0.2) is 63.1 Å². The zero-order valence-electron chi connectivity index (χ0n) is 17.7. The molecule has 9 heteroatoms. The highest BCUT2D eigenvalue weighted by atomic mass is 32.2. The molecular formula is C23H25N5O2S2. The van der Waals surface area contributed by atoms with Crippen LogP contribution in [0, 0.1) is 0 Å². The van der Waals surface area contributed by atoms with Crippen molar-refractivity contribution in [3.8, 4) is 11.5 Å². The Labute approximate surface area is 195 Å². The summed E-state index contributed by atoms with van der Waals surface area (Å²) in [6, 6.07) is 16.0. The molecule has 0 unspecified atom stereocenters. The van der Waals surface area contributed by atoms with E-state index in [-0.39, 0.29) is 6.61 Å². The molecule has 1 aliphatic heterocycles. The number of aromatic nitrogens is 3. The Hall–Kier alpha value is -2.46. The Bertz CT molecular complexity index is 1150. The van der Waals surface area contributed by atoms with E-state index >= 15 is 0 Å². The fourth-order valence-corrected chi connectivity index (χ4v) is 5.35. The molecule has 1 aliphatic rings. The zero-order valence-corrected chi connectivity index (χ0v) is 19.3. The summed E-state index contributed by atoms with van der Waals surface area (Å²) in [5, 5.41) is 19.3. The standard InChI is InChI=1S/C23H25N5O2S2/c29-16-17-6-8-18(9-7-17)22-24-25-23(30-22)31-15-3-10-27-11-13-28(14-12-27)21-19-4-1-2-5-20(19)32-26-21/h1-2,4-9,29H,3,10-16H2. The van der Waals surface area contributed by atoms with Gasteiger partial charge in [-0.15, -0.1) is 10.2 Å². The number of aliphatic hydroxyl groups is 1. The molecule has 1 fully saturated rings. The first-order valence-corrected chi connectivity index (χ1v) is 12.5. The molecule has 5 rings (SSSR count).